The fourth-order valence-corrected chi connectivity index (χ4v) is 3.90. The number of urea groups is 1. The van der Waals surface area contributed by atoms with Crippen molar-refractivity contribution in [2.24, 2.45) is 18.9 Å². The van der Waals surface area contributed by atoms with E-state index in [0.717, 1.165) is 25.9 Å². The van der Waals surface area contributed by atoms with Crippen molar-refractivity contribution in [2.75, 3.05) is 19.6 Å². The molecule has 0 bridgehead atoms. The molecule has 3 rings (SSSR count). The normalized spacial score (nSPS) is 22.4. The topological polar surface area (TPSA) is 67.2 Å². The number of imidazole rings is 1. The second-order valence-corrected chi connectivity index (χ2v) is 7.20. The summed E-state index contributed by atoms with van der Waals surface area (Å²) in [7, 11) is 1.83. The van der Waals surface area contributed by atoms with Crippen LogP contribution >= 0.6 is 0 Å². The Morgan fingerprint density at radius 1 is 1.21 bits per heavy atom. The van der Waals surface area contributed by atoms with Crippen molar-refractivity contribution < 1.29 is 9.59 Å². The lowest BCUT2D eigenvalue weighted by molar-refractivity contribution is 0.0831. The summed E-state index contributed by atoms with van der Waals surface area (Å²) in [5, 5.41) is 3.08. The Morgan fingerprint density at radius 3 is 2.71 bits per heavy atom. The van der Waals surface area contributed by atoms with Crippen molar-refractivity contribution in [3.63, 3.8) is 0 Å². The maximum Gasteiger partial charge on any atom is 0.317 e. The van der Waals surface area contributed by atoms with Crippen LogP contribution in [-0.2, 0) is 7.05 Å². The summed E-state index contributed by atoms with van der Waals surface area (Å²) < 4.78 is 1.75. The Balaban J connectivity index is 1.52. The van der Waals surface area contributed by atoms with Crippen LogP contribution in [0.15, 0.2) is 12.4 Å². The number of hydrogen-bond acceptors (Lipinski definition) is 3. The van der Waals surface area contributed by atoms with Gasteiger partial charge in [0.2, 0.25) is 5.78 Å². The highest BCUT2D eigenvalue weighted by Gasteiger charge is 2.30. The van der Waals surface area contributed by atoms with Gasteiger partial charge in [-0.05, 0) is 31.6 Å². The molecule has 2 heterocycles. The first kappa shape index (κ1) is 17.0. The summed E-state index contributed by atoms with van der Waals surface area (Å²) in [6, 6.07) is -0.0158. The molecule has 0 unspecified atom stereocenters. The third-order valence-corrected chi connectivity index (χ3v) is 5.39. The van der Waals surface area contributed by atoms with Gasteiger partial charge in [0.25, 0.3) is 0 Å². The predicted octanol–water partition coefficient (Wildman–Crippen LogP) is 2.60. The summed E-state index contributed by atoms with van der Waals surface area (Å²) in [6.07, 6.45) is 11.5. The van der Waals surface area contributed by atoms with Gasteiger partial charge >= 0.3 is 6.03 Å². The fraction of sp³-hybridized carbons (Fsp3) is 0.722. The van der Waals surface area contributed by atoms with Crippen LogP contribution in [0.5, 0.6) is 0 Å². The van der Waals surface area contributed by atoms with Crippen LogP contribution < -0.4 is 5.32 Å². The summed E-state index contributed by atoms with van der Waals surface area (Å²) >= 11 is 0. The number of amides is 2. The van der Waals surface area contributed by atoms with Crippen molar-refractivity contribution in [3.05, 3.63) is 18.2 Å². The van der Waals surface area contributed by atoms with E-state index in [2.05, 4.69) is 10.3 Å². The average Bonchev–Trinajstić information content (AvgIpc) is 3.06. The zero-order valence-electron chi connectivity index (χ0n) is 14.5. The molecular weight excluding hydrogens is 304 g/mol. The second-order valence-electron chi connectivity index (χ2n) is 7.20. The summed E-state index contributed by atoms with van der Waals surface area (Å²) in [5.74, 6) is 1.02. The molecule has 0 radical (unpaired) electrons. The minimum Gasteiger partial charge on any atom is -0.338 e. The van der Waals surface area contributed by atoms with Gasteiger partial charge in [0.15, 0.2) is 5.82 Å². The van der Waals surface area contributed by atoms with Crippen LogP contribution in [0.1, 0.15) is 55.6 Å². The molecule has 1 saturated heterocycles. The standard InChI is InChI=1S/C18H28N4O2/c1-21-11-9-19-17(21)16(23)15-8-5-10-22(13-15)18(24)20-12-14-6-3-2-4-7-14/h9,11,14-15H,2-8,10,12-13H2,1H3,(H,20,24)/t15-/m0/s1. The monoisotopic (exact) mass is 332 g/mol. The quantitative estimate of drug-likeness (QED) is 0.862. The number of Topliss-reactive ketones (excluding diaryl/α,β-unsaturated/α-hetero) is 1. The van der Waals surface area contributed by atoms with Crippen molar-refractivity contribution in [2.45, 2.75) is 44.9 Å². The van der Waals surface area contributed by atoms with Gasteiger partial charge in [-0.25, -0.2) is 9.78 Å². The van der Waals surface area contributed by atoms with Crippen molar-refractivity contribution in [1.82, 2.24) is 19.8 Å². The Kier molecular flexibility index (Phi) is 5.53. The van der Waals surface area contributed by atoms with Gasteiger partial charge in [-0.2, -0.15) is 0 Å². The van der Waals surface area contributed by atoms with E-state index in [9.17, 15) is 9.59 Å². The van der Waals surface area contributed by atoms with E-state index >= 15 is 0 Å². The number of hydrogen-bond donors (Lipinski definition) is 1. The molecule has 6 nitrogen and oxygen atoms in total. The molecule has 1 N–H and O–H groups in total. The minimum atomic E-state index is -0.139. The SMILES string of the molecule is Cn1ccnc1C(=O)[C@H]1CCCN(C(=O)NCC2CCCCC2)C1. The largest absolute Gasteiger partial charge is 0.338 e. The van der Waals surface area contributed by atoms with Crippen molar-refractivity contribution in [3.8, 4) is 0 Å². The Bertz CT molecular complexity index is 577. The molecule has 1 aliphatic heterocycles. The zero-order chi connectivity index (χ0) is 16.9. The molecule has 2 aliphatic rings. The van der Waals surface area contributed by atoms with Gasteiger partial charge in [0.1, 0.15) is 0 Å². The molecule has 24 heavy (non-hydrogen) atoms. The first-order chi connectivity index (χ1) is 11.6. The minimum absolute atomic E-state index is 0.0158. The molecule has 0 spiro atoms. The van der Waals surface area contributed by atoms with Crippen molar-refractivity contribution in [1.29, 1.82) is 0 Å². The molecule has 0 aromatic carbocycles. The van der Waals surface area contributed by atoms with E-state index < -0.39 is 0 Å². The fourth-order valence-electron chi connectivity index (χ4n) is 3.90. The summed E-state index contributed by atoms with van der Waals surface area (Å²) in [4.78, 5) is 31.0. The van der Waals surface area contributed by atoms with Crippen LogP contribution in [0, 0.1) is 11.8 Å². The lowest BCUT2D eigenvalue weighted by Gasteiger charge is -2.32. The molecule has 1 aromatic heterocycles. The third-order valence-electron chi connectivity index (χ3n) is 5.39. The molecule has 2 fully saturated rings. The highest BCUT2D eigenvalue weighted by molar-refractivity contribution is 5.95. The van der Waals surface area contributed by atoms with Gasteiger partial charge < -0.3 is 14.8 Å². The summed E-state index contributed by atoms with van der Waals surface area (Å²) in [5.41, 5.74) is 0. The van der Waals surface area contributed by atoms with Gasteiger partial charge in [0, 0.05) is 45.0 Å². The molecule has 2 amide bonds. The first-order valence-electron chi connectivity index (χ1n) is 9.19. The lowest BCUT2D eigenvalue weighted by Crippen LogP contribution is -2.48. The lowest BCUT2D eigenvalue weighted by atomic mass is 9.89. The summed E-state index contributed by atoms with van der Waals surface area (Å²) in [6.45, 7) is 2.01. The molecule has 1 aliphatic carbocycles. The maximum absolute atomic E-state index is 12.6. The van der Waals surface area contributed by atoms with E-state index in [1.807, 2.05) is 7.05 Å². The molecule has 1 saturated carbocycles. The smallest absolute Gasteiger partial charge is 0.317 e. The van der Waals surface area contributed by atoms with Gasteiger partial charge in [-0.3, -0.25) is 4.79 Å². The predicted molar refractivity (Wildman–Crippen MR) is 91.8 cm³/mol. The van der Waals surface area contributed by atoms with E-state index in [4.69, 9.17) is 0 Å². The number of rotatable bonds is 4. The number of carbonyl (C=O) groups is 2. The van der Waals surface area contributed by atoms with Crippen LogP contribution in [0.3, 0.4) is 0 Å². The van der Waals surface area contributed by atoms with Crippen LogP contribution in [-0.4, -0.2) is 45.9 Å². The Hall–Kier alpha value is -1.85. The van der Waals surface area contributed by atoms with Crippen molar-refractivity contribution >= 4 is 11.8 Å². The highest BCUT2D eigenvalue weighted by Crippen LogP contribution is 2.23. The number of ketones is 1. The first-order valence-corrected chi connectivity index (χ1v) is 9.19. The van der Waals surface area contributed by atoms with E-state index in [-0.39, 0.29) is 17.7 Å². The molecule has 132 valence electrons. The van der Waals surface area contributed by atoms with E-state index in [1.54, 1.807) is 21.9 Å². The Labute approximate surface area is 143 Å². The zero-order valence-corrected chi connectivity index (χ0v) is 14.5. The number of nitrogens with zero attached hydrogens (tertiary/aromatic N) is 3. The number of nitrogens with one attached hydrogen (secondary N) is 1. The maximum atomic E-state index is 12.6. The van der Waals surface area contributed by atoms with Gasteiger partial charge in [0.05, 0.1) is 0 Å². The highest BCUT2D eigenvalue weighted by atomic mass is 16.2. The number of carbonyl (C=O) groups excluding carboxylic acids is 2. The van der Waals surface area contributed by atoms with Gasteiger partial charge in [-0.15, -0.1) is 0 Å². The van der Waals surface area contributed by atoms with Gasteiger partial charge in [-0.1, -0.05) is 19.3 Å². The Morgan fingerprint density at radius 2 is 2.00 bits per heavy atom. The second kappa shape index (κ2) is 7.81. The van der Waals surface area contributed by atoms with Crippen LogP contribution in [0.25, 0.3) is 0 Å². The van der Waals surface area contributed by atoms with Crippen LogP contribution in [0.4, 0.5) is 4.79 Å². The average molecular weight is 332 g/mol. The van der Waals surface area contributed by atoms with E-state index in [0.29, 0.717) is 18.3 Å². The molecule has 6 heteroatoms. The molecule has 1 aromatic rings. The molecular formula is C18H28N4O2. The number of likely N-dealkylation sites (tertiary alicyclic amines) is 1. The molecule has 1 atom stereocenters. The van der Waals surface area contributed by atoms with Crippen LogP contribution in [0.2, 0.25) is 0 Å². The third kappa shape index (κ3) is 3.97. The number of piperidine rings is 1. The van der Waals surface area contributed by atoms with E-state index in [1.165, 1.54) is 32.1 Å². The number of aryl methyl sites for hydroxylation is 1. The number of aromatic nitrogens is 2.